The maximum absolute atomic E-state index is 13.2. The molecule has 4 rings (SSSR count). The van der Waals surface area contributed by atoms with Crippen LogP contribution in [-0.4, -0.2) is 54.8 Å². The summed E-state index contributed by atoms with van der Waals surface area (Å²) in [5.41, 5.74) is 3.24. The lowest BCUT2D eigenvalue weighted by atomic mass is 9.97. The first-order valence-corrected chi connectivity index (χ1v) is 10.5. The Morgan fingerprint density at radius 3 is 2.32 bits per heavy atom. The molecule has 2 aromatic carbocycles. The fourth-order valence-electron chi connectivity index (χ4n) is 4.18. The van der Waals surface area contributed by atoms with Crippen molar-refractivity contribution < 1.29 is 23.9 Å². The minimum Gasteiger partial charge on any atom is -0.493 e. The molecule has 2 aromatic rings. The Morgan fingerprint density at radius 2 is 1.65 bits per heavy atom. The van der Waals surface area contributed by atoms with Crippen LogP contribution in [0.4, 0.5) is 0 Å². The second-order valence-electron chi connectivity index (χ2n) is 7.83. The molecule has 0 aliphatic carbocycles. The topological polar surface area (TPSA) is 76.2 Å². The first-order chi connectivity index (χ1) is 15.0. The smallest absolute Gasteiger partial charge is 0.261 e. The Hall–Kier alpha value is -3.35. The number of nitrogens with zero attached hydrogens (tertiary/aromatic N) is 2. The van der Waals surface area contributed by atoms with Crippen molar-refractivity contribution in [2.45, 2.75) is 32.7 Å². The van der Waals surface area contributed by atoms with E-state index in [0.29, 0.717) is 54.2 Å². The van der Waals surface area contributed by atoms with E-state index in [1.165, 1.54) is 4.90 Å². The summed E-state index contributed by atoms with van der Waals surface area (Å²) < 4.78 is 10.8. The molecule has 0 fully saturated rings. The molecular weight excluding hydrogens is 396 g/mol. The van der Waals surface area contributed by atoms with Crippen molar-refractivity contribution in [3.63, 3.8) is 0 Å². The van der Waals surface area contributed by atoms with Gasteiger partial charge in [-0.25, -0.2) is 0 Å². The summed E-state index contributed by atoms with van der Waals surface area (Å²) in [6.45, 7) is 3.42. The fourth-order valence-corrected chi connectivity index (χ4v) is 4.18. The lowest BCUT2D eigenvalue weighted by Crippen LogP contribution is -2.36. The summed E-state index contributed by atoms with van der Waals surface area (Å²) in [6, 6.07) is 8.67. The van der Waals surface area contributed by atoms with Crippen molar-refractivity contribution in [2.75, 3.05) is 27.3 Å². The second-order valence-corrected chi connectivity index (χ2v) is 7.83. The van der Waals surface area contributed by atoms with Crippen LogP contribution in [0.5, 0.6) is 11.5 Å². The van der Waals surface area contributed by atoms with Crippen molar-refractivity contribution in [2.24, 2.45) is 0 Å². The van der Waals surface area contributed by atoms with Gasteiger partial charge in [0.15, 0.2) is 11.5 Å². The molecular formula is C24H26N2O5. The summed E-state index contributed by atoms with van der Waals surface area (Å²) in [6.07, 6.45) is 2.36. The van der Waals surface area contributed by atoms with Crippen molar-refractivity contribution >= 4 is 17.7 Å². The van der Waals surface area contributed by atoms with E-state index in [1.807, 2.05) is 19.1 Å². The molecule has 0 spiro atoms. The Balaban J connectivity index is 1.56. The van der Waals surface area contributed by atoms with E-state index in [4.69, 9.17) is 9.47 Å². The lowest BCUT2D eigenvalue weighted by molar-refractivity contribution is 0.0651. The number of amides is 3. The highest BCUT2D eigenvalue weighted by Gasteiger charge is 2.36. The van der Waals surface area contributed by atoms with Crippen LogP contribution in [0.3, 0.4) is 0 Å². The van der Waals surface area contributed by atoms with Gasteiger partial charge in [0.2, 0.25) is 0 Å². The van der Waals surface area contributed by atoms with Gasteiger partial charge < -0.3 is 14.4 Å². The van der Waals surface area contributed by atoms with Gasteiger partial charge in [0, 0.05) is 25.2 Å². The number of carbonyl (C=O) groups is 3. The quantitative estimate of drug-likeness (QED) is 0.668. The predicted octanol–water partition coefficient (Wildman–Crippen LogP) is 3.30. The predicted molar refractivity (Wildman–Crippen MR) is 115 cm³/mol. The third-order valence-electron chi connectivity index (χ3n) is 5.96. The van der Waals surface area contributed by atoms with E-state index >= 15 is 0 Å². The molecule has 162 valence electrons. The van der Waals surface area contributed by atoms with Gasteiger partial charge in [-0.15, -0.1) is 0 Å². The standard InChI is InChI=1S/C24H26N2O5/c1-4-5-9-26-23(28)18-7-6-16(11-19(18)24(26)29)22(27)25-10-8-15-12-20(30-2)21(31-3)13-17(15)14-25/h6-7,11-13H,4-5,8-10,14H2,1-3H3. The molecule has 0 bridgehead atoms. The molecule has 0 atom stereocenters. The highest BCUT2D eigenvalue weighted by atomic mass is 16.5. The van der Waals surface area contributed by atoms with Crippen molar-refractivity contribution in [1.29, 1.82) is 0 Å². The number of ether oxygens (including phenoxy) is 2. The van der Waals surface area contributed by atoms with Gasteiger partial charge in [-0.3, -0.25) is 19.3 Å². The van der Waals surface area contributed by atoms with E-state index < -0.39 is 0 Å². The third kappa shape index (κ3) is 3.65. The van der Waals surface area contributed by atoms with Gasteiger partial charge >= 0.3 is 0 Å². The molecule has 0 N–H and O–H groups in total. The summed E-state index contributed by atoms with van der Waals surface area (Å²) in [7, 11) is 3.19. The van der Waals surface area contributed by atoms with E-state index in [9.17, 15) is 14.4 Å². The molecule has 2 aliphatic rings. The number of unbranched alkanes of at least 4 members (excludes halogenated alkanes) is 1. The van der Waals surface area contributed by atoms with Gasteiger partial charge in [-0.2, -0.15) is 0 Å². The van der Waals surface area contributed by atoms with Gasteiger partial charge in [-0.1, -0.05) is 13.3 Å². The first-order valence-electron chi connectivity index (χ1n) is 10.5. The molecule has 0 aromatic heterocycles. The number of imide groups is 1. The minimum atomic E-state index is -0.316. The highest BCUT2D eigenvalue weighted by molar-refractivity contribution is 6.22. The molecule has 7 nitrogen and oxygen atoms in total. The third-order valence-corrected chi connectivity index (χ3v) is 5.96. The van der Waals surface area contributed by atoms with Crippen LogP contribution in [0.25, 0.3) is 0 Å². The second kappa shape index (κ2) is 8.41. The average molecular weight is 422 g/mol. The summed E-state index contributed by atoms with van der Waals surface area (Å²) in [4.78, 5) is 41.5. The Bertz CT molecular complexity index is 1060. The fraction of sp³-hybridized carbons (Fsp3) is 0.375. The van der Waals surface area contributed by atoms with Gasteiger partial charge in [0.1, 0.15) is 0 Å². The highest BCUT2D eigenvalue weighted by Crippen LogP contribution is 2.34. The minimum absolute atomic E-state index is 0.157. The summed E-state index contributed by atoms with van der Waals surface area (Å²) >= 11 is 0. The van der Waals surface area contributed by atoms with Crippen LogP contribution in [0.1, 0.15) is 62.0 Å². The molecule has 0 radical (unpaired) electrons. The largest absolute Gasteiger partial charge is 0.493 e. The van der Waals surface area contributed by atoms with Crippen molar-refractivity contribution in [3.05, 3.63) is 58.1 Å². The van der Waals surface area contributed by atoms with Crippen LogP contribution < -0.4 is 9.47 Å². The average Bonchev–Trinajstić information content (AvgIpc) is 3.04. The number of fused-ring (bicyclic) bond motifs is 2. The van der Waals surface area contributed by atoms with Crippen molar-refractivity contribution in [3.8, 4) is 11.5 Å². The summed E-state index contributed by atoms with van der Waals surface area (Å²) in [5.74, 6) is 0.555. The maximum Gasteiger partial charge on any atom is 0.261 e. The Morgan fingerprint density at radius 1 is 0.968 bits per heavy atom. The number of methoxy groups -OCH3 is 2. The van der Waals surface area contributed by atoms with E-state index in [0.717, 1.165) is 24.0 Å². The van der Waals surface area contributed by atoms with Gasteiger partial charge in [0.05, 0.1) is 25.3 Å². The molecule has 3 amide bonds. The number of benzene rings is 2. The summed E-state index contributed by atoms with van der Waals surface area (Å²) in [5, 5.41) is 0. The molecule has 7 heteroatoms. The zero-order valence-corrected chi connectivity index (χ0v) is 18.1. The molecule has 0 saturated heterocycles. The maximum atomic E-state index is 13.2. The Labute approximate surface area is 181 Å². The zero-order chi connectivity index (χ0) is 22.1. The van der Waals surface area contributed by atoms with Gasteiger partial charge in [0.25, 0.3) is 17.7 Å². The SMILES string of the molecule is CCCCN1C(=O)c2ccc(C(=O)N3CCc4cc(OC)c(OC)cc4C3)cc2C1=O. The van der Waals surface area contributed by atoms with E-state index in [2.05, 4.69) is 0 Å². The van der Waals surface area contributed by atoms with Crippen LogP contribution in [0.2, 0.25) is 0 Å². The van der Waals surface area contributed by atoms with Crippen LogP contribution >= 0.6 is 0 Å². The monoisotopic (exact) mass is 422 g/mol. The van der Waals surface area contributed by atoms with Gasteiger partial charge in [-0.05, 0) is 54.3 Å². The normalized spacial score (nSPS) is 15.1. The number of rotatable bonds is 6. The van der Waals surface area contributed by atoms with E-state index in [1.54, 1.807) is 37.3 Å². The molecule has 2 aliphatic heterocycles. The van der Waals surface area contributed by atoms with E-state index in [-0.39, 0.29) is 17.7 Å². The Kier molecular flexibility index (Phi) is 5.67. The molecule has 0 saturated carbocycles. The molecule has 31 heavy (non-hydrogen) atoms. The first kappa shape index (κ1) is 20.9. The number of hydrogen-bond acceptors (Lipinski definition) is 5. The van der Waals surface area contributed by atoms with Crippen LogP contribution in [-0.2, 0) is 13.0 Å². The number of carbonyl (C=O) groups excluding carboxylic acids is 3. The number of hydrogen-bond donors (Lipinski definition) is 0. The molecule has 2 heterocycles. The van der Waals surface area contributed by atoms with Crippen LogP contribution in [0, 0.1) is 0 Å². The molecule has 0 unspecified atom stereocenters. The lowest BCUT2D eigenvalue weighted by Gasteiger charge is -2.29. The van der Waals surface area contributed by atoms with Crippen LogP contribution in [0.15, 0.2) is 30.3 Å². The van der Waals surface area contributed by atoms with Crippen molar-refractivity contribution in [1.82, 2.24) is 9.80 Å². The zero-order valence-electron chi connectivity index (χ0n) is 18.1.